The van der Waals surface area contributed by atoms with Gasteiger partial charge in [0.2, 0.25) is 11.8 Å². The van der Waals surface area contributed by atoms with E-state index in [2.05, 4.69) is 21.3 Å². The van der Waals surface area contributed by atoms with Crippen LogP contribution in [0.1, 0.15) is 50.7 Å². The van der Waals surface area contributed by atoms with Gasteiger partial charge in [0, 0.05) is 25.0 Å². The van der Waals surface area contributed by atoms with E-state index in [1.54, 1.807) is 38.1 Å². The summed E-state index contributed by atoms with van der Waals surface area (Å²) < 4.78 is 33.2. The molecule has 0 aliphatic carbocycles. The minimum atomic E-state index is -1.16. The van der Waals surface area contributed by atoms with Gasteiger partial charge in [0.05, 0.1) is 19.2 Å². The van der Waals surface area contributed by atoms with Crippen LogP contribution in [0, 0.1) is 23.5 Å². The molecule has 12 heteroatoms. The minimum Gasteiger partial charge on any atom is -0.467 e. The van der Waals surface area contributed by atoms with E-state index >= 15 is 0 Å². The third-order valence-electron chi connectivity index (χ3n) is 7.73. The normalized spacial score (nSPS) is 19.3. The lowest BCUT2D eigenvalue weighted by Gasteiger charge is -2.25. The lowest BCUT2D eigenvalue weighted by molar-refractivity contribution is -0.144. The Morgan fingerprint density at radius 1 is 1.02 bits per heavy atom. The van der Waals surface area contributed by atoms with Crippen molar-refractivity contribution in [3.05, 3.63) is 83.4 Å². The summed E-state index contributed by atoms with van der Waals surface area (Å²) in [5.41, 5.74) is 0.788. The summed E-state index contributed by atoms with van der Waals surface area (Å²) >= 11 is 0. The number of rotatable bonds is 11. The van der Waals surface area contributed by atoms with Crippen molar-refractivity contribution in [2.24, 2.45) is 11.8 Å². The Morgan fingerprint density at radius 2 is 1.78 bits per heavy atom. The number of ketones is 1. The maximum atomic E-state index is 14.4. The Bertz CT molecular complexity index is 1420. The molecule has 0 bridgehead atoms. The molecule has 0 aromatic heterocycles. The fourth-order valence-electron chi connectivity index (χ4n) is 5.18. The van der Waals surface area contributed by atoms with Gasteiger partial charge in [0.1, 0.15) is 17.7 Å². The molecule has 2 aromatic carbocycles. The van der Waals surface area contributed by atoms with Crippen LogP contribution in [0.15, 0.2) is 60.7 Å². The zero-order chi connectivity index (χ0) is 33.6. The summed E-state index contributed by atoms with van der Waals surface area (Å²) in [5, 5.41) is 10.8. The Kier molecular flexibility index (Phi) is 13.9. The number of carbonyl (C=O) groups excluding carboxylic acids is 5. The molecule has 1 heterocycles. The lowest BCUT2D eigenvalue weighted by Crippen LogP contribution is -2.53. The SMILES string of the molecule is COC(=O)[C@@H](NC(=O)N[C@@H](Cc1cccc(F)c1)C(=O)CC1CCCCNC(=O)/C=C/[C@H](Cc2ccccc2F)NC1=O)C(C)C. The summed E-state index contributed by atoms with van der Waals surface area (Å²) in [6.45, 7) is 3.81. The van der Waals surface area contributed by atoms with Crippen molar-refractivity contribution >= 4 is 29.6 Å². The summed E-state index contributed by atoms with van der Waals surface area (Å²) in [4.78, 5) is 64.9. The second kappa shape index (κ2) is 17.8. The van der Waals surface area contributed by atoms with Gasteiger partial charge in [0.15, 0.2) is 5.78 Å². The van der Waals surface area contributed by atoms with Crippen LogP contribution < -0.4 is 21.3 Å². The number of esters is 1. The van der Waals surface area contributed by atoms with Crippen molar-refractivity contribution in [2.45, 2.75) is 70.5 Å². The van der Waals surface area contributed by atoms with Crippen LogP contribution in [-0.2, 0) is 36.8 Å². The van der Waals surface area contributed by atoms with E-state index in [4.69, 9.17) is 4.74 Å². The molecule has 0 saturated heterocycles. The molecule has 46 heavy (non-hydrogen) atoms. The number of ether oxygens (including phenoxy) is 1. The van der Waals surface area contributed by atoms with Crippen molar-refractivity contribution in [2.75, 3.05) is 13.7 Å². The molecule has 1 unspecified atom stereocenters. The standard InChI is InChI=1S/C34H42F2N4O6/c1-21(2)31(33(44)46-3)40-34(45)39-28(18-22-9-8-12-25(35)17-22)29(41)20-24-11-6-7-16-37-30(42)15-14-26(38-32(24)43)19-23-10-4-5-13-27(23)36/h4-5,8-10,12-15,17,21,24,26,28,31H,6-7,11,16,18-20H2,1-3H3,(H,37,42)(H,38,43)(H2,39,40,45)/b15-14+/t24?,26-,28+,31+/m1/s1. The molecule has 1 aliphatic heterocycles. The first-order valence-electron chi connectivity index (χ1n) is 15.4. The van der Waals surface area contributed by atoms with Gasteiger partial charge in [-0.3, -0.25) is 14.4 Å². The first kappa shape index (κ1) is 35.9. The largest absolute Gasteiger partial charge is 0.467 e. The molecule has 0 saturated carbocycles. The Balaban J connectivity index is 1.83. The number of methoxy groups -OCH3 is 1. The zero-order valence-electron chi connectivity index (χ0n) is 26.3. The van der Waals surface area contributed by atoms with E-state index in [0.717, 1.165) is 0 Å². The van der Waals surface area contributed by atoms with Crippen LogP contribution in [-0.4, -0.2) is 61.4 Å². The quantitative estimate of drug-likeness (QED) is 0.277. The average Bonchev–Trinajstić information content (AvgIpc) is 3.01. The van der Waals surface area contributed by atoms with Crippen LogP contribution in [0.3, 0.4) is 0 Å². The minimum absolute atomic E-state index is 0.0619. The number of hydrogen-bond acceptors (Lipinski definition) is 6. The monoisotopic (exact) mass is 640 g/mol. The van der Waals surface area contributed by atoms with E-state index < -0.39 is 59.4 Å². The number of halogens is 2. The first-order valence-corrected chi connectivity index (χ1v) is 15.4. The Hall–Kier alpha value is -4.61. The smallest absolute Gasteiger partial charge is 0.328 e. The fourth-order valence-corrected chi connectivity index (χ4v) is 5.18. The van der Waals surface area contributed by atoms with Gasteiger partial charge in [-0.25, -0.2) is 18.4 Å². The molecule has 0 fully saturated rings. The molecule has 248 valence electrons. The Labute approximate surface area is 267 Å². The van der Waals surface area contributed by atoms with Crippen LogP contribution in [0.5, 0.6) is 0 Å². The molecule has 2 aromatic rings. The fraction of sp³-hybridized carbons (Fsp3) is 0.441. The van der Waals surface area contributed by atoms with E-state index in [-0.39, 0.29) is 31.1 Å². The van der Waals surface area contributed by atoms with Crippen LogP contribution in [0.2, 0.25) is 0 Å². The van der Waals surface area contributed by atoms with Crippen molar-refractivity contribution in [3.63, 3.8) is 0 Å². The second-order valence-electron chi connectivity index (χ2n) is 11.7. The summed E-state index contributed by atoms with van der Waals surface area (Å²) in [6, 6.07) is 8.05. The number of urea groups is 1. The molecular formula is C34H42F2N4O6. The van der Waals surface area contributed by atoms with Crippen molar-refractivity contribution in [1.82, 2.24) is 21.3 Å². The van der Waals surface area contributed by atoms with E-state index in [0.29, 0.717) is 36.9 Å². The molecule has 3 rings (SSSR count). The van der Waals surface area contributed by atoms with Crippen LogP contribution >= 0.6 is 0 Å². The summed E-state index contributed by atoms with van der Waals surface area (Å²) in [5.74, 6) is -4.01. The molecule has 4 amide bonds. The number of carbonyl (C=O) groups is 5. The Morgan fingerprint density at radius 3 is 2.48 bits per heavy atom. The van der Waals surface area contributed by atoms with E-state index in [9.17, 15) is 32.8 Å². The highest BCUT2D eigenvalue weighted by molar-refractivity contribution is 5.93. The van der Waals surface area contributed by atoms with Crippen LogP contribution in [0.4, 0.5) is 13.6 Å². The van der Waals surface area contributed by atoms with Gasteiger partial charge >= 0.3 is 12.0 Å². The third kappa shape index (κ3) is 11.4. The van der Waals surface area contributed by atoms with Crippen molar-refractivity contribution in [1.29, 1.82) is 0 Å². The predicted molar refractivity (Wildman–Crippen MR) is 167 cm³/mol. The highest BCUT2D eigenvalue weighted by atomic mass is 19.1. The van der Waals surface area contributed by atoms with Gasteiger partial charge in [-0.05, 0) is 60.9 Å². The molecular weight excluding hydrogens is 598 g/mol. The van der Waals surface area contributed by atoms with Gasteiger partial charge in [-0.15, -0.1) is 0 Å². The molecule has 1 aliphatic rings. The number of nitrogens with one attached hydrogen (secondary N) is 4. The maximum Gasteiger partial charge on any atom is 0.328 e. The van der Waals surface area contributed by atoms with E-state index in [1.807, 2.05) is 0 Å². The first-order chi connectivity index (χ1) is 22.0. The lowest BCUT2D eigenvalue weighted by atomic mass is 9.90. The predicted octanol–water partition coefficient (Wildman–Crippen LogP) is 3.53. The number of amides is 4. The van der Waals surface area contributed by atoms with Gasteiger partial charge in [-0.1, -0.05) is 56.7 Å². The van der Waals surface area contributed by atoms with Crippen LogP contribution in [0.25, 0.3) is 0 Å². The topological polar surface area (TPSA) is 143 Å². The number of Topliss-reactive ketones (excluding diaryl/α,β-unsaturated/α-hetero) is 1. The molecule has 4 atom stereocenters. The molecule has 0 radical (unpaired) electrons. The van der Waals surface area contributed by atoms with Gasteiger partial charge < -0.3 is 26.0 Å². The van der Waals surface area contributed by atoms with E-state index in [1.165, 1.54) is 43.5 Å². The number of benzene rings is 2. The van der Waals surface area contributed by atoms with Gasteiger partial charge in [-0.2, -0.15) is 0 Å². The average molecular weight is 641 g/mol. The summed E-state index contributed by atoms with van der Waals surface area (Å²) in [6.07, 6.45) is 3.94. The second-order valence-corrected chi connectivity index (χ2v) is 11.7. The maximum absolute atomic E-state index is 14.4. The molecule has 4 N–H and O–H groups in total. The van der Waals surface area contributed by atoms with Crippen molar-refractivity contribution < 1.29 is 37.5 Å². The summed E-state index contributed by atoms with van der Waals surface area (Å²) in [7, 11) is 1.20. The molecule has 10 nitrogen and oxygen atoms in total. The highest BCUT2D eigenvalue weighted by Gasteiger charge is 2.31. The zero-order valence-corrected chi connectivity index (χ0v) is 26.3. The molecule has 0 spiro atoms. The van der Waals surface area contributed by atoms with Gasteiger partial charge in [0.25, 0.3) is 0 Å². The third-order valence-corrected chi connectivity index (χ3v) is 7.73. The van der Waals surface area contributed by atoms with Crippen molar-refractivity contribution in [3.8, 4) is 0 Å². The highest BCUT2D eigenvalue weighted by Crippen LogP contribution is 2.19. The number of hydrogen-bond donors (Lipinski definition) is 4.